The minimum absolute atomic E-state index is 0.129. The molecule has 3 aromatic rings. The number of carbonyl (C=O) groups is 2. The van der Waals surface area contributed by atoms with Crippen LogP contribution in [0.2, 0.25) is 0 Å². The van der Waals surface area contributed by atoms with E-state index in [-0.39, 0.29) is 11.8 Å². The molecule has 0 atom stereocenters. The van der Waals surface area contributed by atoms with Crippen molar-refractivity contribution in [3.63, 3.8) is 0 Å². The smallest absolute Gasteiger partial charge is 0.248 e. The zero-order valence-electron chi connectivity index (χ0n) is 16.0. The molecule has 1 aromatic carbocycles. The number of carbonyl (C=O) groups excluding carboxylic acids is 2. The van der Waals surface area contributed by atoms with Crippen LogP contribution < -0.4 is 10.2 Å². The van der Waals surface area contributed by atoms with E-state index in [0.29, 0.717) is 16.5 Å². The minimum Gasteiger partial charge on any atom is -0.321 e. The third-order valence-electron chi connectivity index (χ3n) is 3.73. The van der Waals surface area contributed by atoms with E-state index >= 15 is 0 Å². The molecule has 0 aliphatic rings. The highest BCUT2D eigenvalue weighted by Crippen LogP contribution is 2.29. The normalized spacial score (nSPS) is 10.8. The number of aromatic nitrogens is 2. The number of thioether (sulfide) groups is 1. The van der Waals surface area contributed by atoms with Gasteiger partial charge < -0.3 is 5.32 Å². The molecule has 0 fully saturated rings. The molecule has 0 aliphatic carbocycles. The van der Waals surface area contributed by atoms with E-state index in [1.165, 1.54) is 24.3 Å². The fourth-order valence-electron chi connectivity index (χ4n) is 2.49. The number of thiazole rings is 1. The molecule has 0 radical (unpaired) electrons. The molecule has 3 rings (SSSR count). The Balaban J connectivity index is 1.66. The molecular formula is C21H20N4O2S2. The molecule has 8 heteroatoms. The minimum atomic E-state index is -0.274. The van der Waals surface area contributed by atoms with Gasteiger partial charge in [-0.2, -0.15) is 0 Å². The highest BCUT2D eigenvalue weighted by molar-refractivity contribution is 7.99. The summed E-state index contributed by atoms with van der Waals surface area (Å²) in [5.41, 5.74) is 1.99. The Hall–Kier alpha value is -2.97. The number of hydrogen-bond donors (Lipinski definition) is 1. The van der Waals surface area contributed by atoms with E-state index in [9.17, 15) is 9.59 Å². The van der Waals surface area contributed by atoms with Crippen LogP contribution in [0.15, 0.2) is 65.1 Å². The summed E-state index contributed by atoms with van der Waals surface area (Å²) in [4.78, 5) is 34.5. The molecule has 2 amide bonds. The summed E-state index contributed by atoms with van der Waals surface area (Å²) in [7, 11) is 0. The Morgan fingerprint density at radius 3 is 2.66 bits per heavy atom. The van der Waals surface area contributed by atoms with Gasteiger partial charge in [-0.15, -0.1) is 23.1 Å². The lowest BCUT2D eigenvalue weighted by Crippen LogP contribution is -2.22. The van der Waals surface area contributed by atoms with Crippen LogP contribution in [0.5, 0.6) is 0 Å². The van der Waals surface area contributed by atoms with Crippen molar-refractivity contribution >= 4 is 57.5 Å². The van der Waals surface area contributed by atoms with Crippen LogP contribution in [0, 0.1) is 0 Å². The van der Waals surface area contributed by atoms with Crippen molar-refractivity contribution in [3.05, 3.63) is 65.8 Å². The lowest BCUT2D eigenvalue weighted by atomic mass is 10.3. The number of rotatable bonds is 7. The molecule has 1 N–H and O–H groups in total. The SMILES string of the molecule is CCSc1ccc(NC(=O)/C=C/c2csc(N(C(C)=O)c3ccccc3)n2)cn1. The number of benzene rings is 1. The quantitative estimate of drug-likeness (QED) is 0.427. The van der Waals surface area contributed by atoms with Gasteiger partial charge in [-0.25, -0.2) is 9.97 Å². The van der Waals surface area contributed by atoms with Crippen molar-refractivity contribution in [1.82, 2.24) is 9.97 Å². The van der Waals surface area contributed by atoms with Gasteiger partial charge in [0.25, 0.3) is 0 Å². The molecule has 0 unspecified atom stereocenters. The molecule has 2 heterocycles. The van der Waals surface area contributed by atoms with Crippen LogP contribution in [0.1, 0.15) is 19.5 Å². The number of para-hydroxylation sites is 1. The molecule has 0 saturated carbocycles. The molecule has 148 valence electrons. The van der Waals surface area contributed by atoms with Gasteiger partial charge >= 0.3 is 0 Å². The van der Waals surface area contributed by atoms with Crippen LogP contribution in [0.25, 0.3) is 6.08 Å². The standard InChI is InChI=1S/C21H20N4O2S2/c1-3-28-20-12-10-16(13-22-20)23-19(27)11-9-17-14-29-21(24-17)25(15(2)26)18-7-5-4-6-8-18/h4-14H,3H2,1-2H3,(H,23,27)/b11-9+. The van der Waals surface area contributed by atoms with Gasteiger partial charge in [-0.3, -0.25) is 14.5 Å². The maximum atomic E-state index is 12.1. The Kier molecular flexibility index (Phi) is 7.15. The van der Waals surface area contributed by atoms with Crippen LogP contribution in [-0.4, -0.2) is 27.5 Å². The van der Waals surface area contributed by atoms with Crippen molar-refractivity contribution in [1.29, 1.82) is 0 Å². The first-order valence-corrected chi connectivity index (χ1v) is 10.8. The van der Waals surface area contributed by atoms with E-state index in [1.54, 1.807) is 34.3 Å². The van der Waals surface area contributed by atoms with E-state index in [0.717, 1.165) is 16.5 Å². The summed E-state index contributed by atoms with van der Waals surface area (Å²) in [6.45, 7) is 3.56. The number of nitrogens with one attached hydrogen (secondary N) is 1. The molecular weight excluding hydrogens is 404 g/mol. The Morgan fingerprint density at radius 1 is 1.21 bits per heavy atom. The van der Waals surface area contributed by atoms with Gasteiger partial charge in [0.05, 0.1) is 28.3 Å². The fourth-order valence-corrected chi connectivity index (χ4v) is 3.93. The third kappa shape index (κ3) is 5.75. The van der Waals surface area contributed by atoms with Crippen LogP contribution in [0.3, 0.4) is 0 Å². The van der Waals surface area contributed by atoms with Crippen molar-refractivity contribution < 1.29 is 9.59 Å². The maximum absolute atomic E-state index is 12.1. The maximum Gasteiger partial charge on any atom is 0.248 e. The highest BCUT2D eigenvalue weighted by Gasteiger charge is 2.17. The Morgan fingerprint density at radius 2 is 2.00 bits per heavy atom. The van der Waals surface area contributed by atoms with Gasteiger partial charge in [-0.1, -0.05) is 25.1 Å². The van der Waals surface area contributed by atoms with Crippen LogP contribution >= 0.6 is 23.1 Å². The second kappa shape index (κ2) is 9.99. The lowest BCUT2D eigenvalue weighted by molar-refractivity contribution is -0.116. The van der Waals surface area contributed by atoms with Gasteiger partial charge in [0.15, 0.2) is 5.13 Å². The number of amides is 2. The van der Waals surface area contributed by atoms with Crippen molar-refractivity contribution in [2.24, 2.45) is 0 Å². The van der Waals surface area contributed by atoms with E-state index < -0.39 is 0 Å². The topological polar surface area (TPSA) is 75.2 Å². The molecule has 0 spiro atoms. The van der Waals surface area contributed by atoms with Gasteiger partial charge in [0, 0.05) is 18.4 Å². The van der Waals surface area contributed by atoms with Gasteiger partial charge in [-0.05, 0) is 36.1 Å². The number of anilines is 3. The average molecular weight is 425 g/mol. The zero-order valence-corrected chi connectivity index (χ0v) is 17.7. The predicted molar refractivity (Wildman–Crippen MR) is 120 cm³/mol. The summed E-state index contributed by atoms with van der Waals surface area (Å²) < 4.78 is 0. The summed E-state index contributed by atoms with van der Waals surface area (Å²) in [5, 5.41) is 6.04. The Labute approximate surface area is 177 Å². The fraction of sp³-hybridized carbons (Fsp3) is 0.143. The number of nitrogens with zero attached hydrogens (tertiary/aromatic N) is 3. The second-order valence-corrected chi connectivity index (χ2v) is 8.01. The first-order valence-electron chi connectivity index (χ1n) is 8.96. The van der Waals surface area contributed by atoms with Gasteiger partial charge in [0.1, 0.15) is 0 Å². The van der Waals surface area contributed by atoms with E-state index in [2.05, 4.69) is 22.2 Å². The first-order chi connectivity index (χ1) is 14.1. The lowest BCUT2D eigenvalue weighted by Gasteiger charge is -2.17. The monoisotopic (exact) mass is 424 g/mol. The summed E-state index contributed by atoms with van der Waals surface area (Å²) in [6, 6.07) is 13.0. The first kappa shape index (κ1) is 20.8. The van der Waals surface area contributed by atoms with E-state index in [4.69, 9.17) is 0 Å². The Bertz CT molecular complexity index is 1000. The molecule has 2 aromatic heterocycles. The largest absolute Gasteiger partial charge is 0.321 e. The average Bonchev–Trinajstić information content (AvgIpc) is 3.17. The van der Waals surface area contributed by atoms with Crippen molar-refractivity contribution in [3.8, 4) is 0 Å². The number of hydrogen-bond acceptors (Lipinski definition) is 6. The number of pyridine rings is 1. The summed E-state index contributed by atoms with van der Waals surface area (Å²) in [6.07, 6.45) is 4.66. The third-order valence-corrected chi connectivity index (χ3v) is 5.40. The summed E-state index contributed by atoms with van der Waals surface area (Å²) >= 11 is 2.98. The second-order valence-electron chi connectivity index (χ2n) is 5.89. The van der Waals surface area contributed by atoms with Crippen molar-refractivity contribution in [2.75, 3.05) is 16.0 Å². The highest BCUT2D eigenvalue weighted by atomic mass is 32.2. The molecule has 0 bridgehead atoms. The molecule has 6 nitrogen and oxygen atoms in total. The summed E-state index contributed by atoms with van der Waals surface area (Å²) in [5.74, 6) is 0.544. The van der Waals surface area contributed by atoms with Crippen molar-refractivity contribution in [2.45, 2.75) is 18.9 Å². The van der Waals surface area contributed by atoms with Crippen LogP contribution in [0.4, 0.5) is 16.5 Å². The molecule has 29 heavy (non-hydrogen) atoms. The predicted octanol–water partition coefficient (Wildman–Crippen LogP) is 4.99. The van der Waals surface area contributed by atoms with Gasteiger partial charge in [0.2, 0.25) is 11.8 Å². The molecule has 0 aliphatic heterocycles. The van der Waals surface area contributed by atoms with E-state index in [1.807, 2.05) is 42.5 Å². The molecule has 0 saturated heterocycles. The zero-order chi connectivity index (χ0) is 20.6. The van der Waals surface area contributed by atoms with Crippen LogP contribution in [-0.2, 0) is 9.59 Å².